The number of urea groups is 1. The third kappa shape index (κ3) is 2.75. The molecule has 4 fully saturated rings. The van der Waals surface area contributed by atoms with Crippen molar-refractivity contribution < 1.29 is 14.3 Å². The first-order valence-electron chi connectivity index (χ1n) is 11.7. The second-order valence-corrected chi connectivity index (χ2v) is 9.96. The largest absolute Gasteiger partial charge is 0.484 e. The van der Waals surface area contributed by atoms with Gasteiger partial charge in [-0.05, 0) is 61.9 Å². The highest BCUT2D eigenvalue weighted by Gasteiger charge is 2.68. The van der Waals surface area contributed by atoms with E-state index in [1.807, 2.05) is 41.0 Å². The van der Waals surface area contributed by atoms with Crippen LogP contribution in [0.25, 0.3) is 10.9 Å². The van der Waals surface area contributed by atoms with Gasteiger partial charge in [-0.2, -0.15) is 0 Å². The smallest absolute Gasteiger partial charge is 0.317 e. The van der Waals surface area contributed by atoms with Gasteiger partial charge in [0.1, 0.15) is 17.5 Å². The van der Waals surface area contributed by atoms with Gasteiger partial charge in [-0.15, -0.1) is 5.10 Å². The third-order valence-corrected chi connectivity index (χ3v) is 7.97. The van der Waals surface area contributed by atoms with Gasteiger partial charge in [0.2, 0.25) is 0 Å². The summed E-state index contributed by atoms with van der Waals surface area (Å²) in [6, 6.07) is 6.10. The van der Waals surface area contributed by atoms with Crippen LogP contribution in [-0.4, -0.2) is 56.1 Å². The Hall–Kier alpha value is -3.20. The van der Waals surface area contributed by atoms with Crippen molar-refractivity contribution in [3.05, 3.63) is 47.4 Å². The summed E-state index contributed by atoms with van der Waals surface area (Å²) in [5.74, 6) is 0.793. The van der Waals surface area contributed by atoms with Gasteiger partial charge in [0.05, 0.1) is 36.0 Å². The summed E-state index contributed by atoms with van der Waals surface area (Å²) in [7, 11) is 0. The maximum atomic E-state index is 12.3. The molecule has 1 N–H and O–H groups in total. The molecule has 9 heteroatoms. The van der Waals surface area contributed by atoms with Gasteiger partial charge >= 0.3 is 6.03 Å². The SMILES string of the molecule is C[C@@H](Oc1ccc2ncc3c(c2c1)CCOC3)c1cn(C23CN4C(=O)NCCC4(C2)C3)nn1. The minimum atomic E-state index is -0.246. The predicted octanol–water partition coefficient (Wildman–Crippen LogP) is 2.70. The van der Waals surface area contributed by atoms with Crippen molar-refractivity contribution in [1.82, 2.24) is 30.2 Å². The average molecular weight is 447 g/mol. The highest BCUT2D eigenvalue weighted by atomic mass is 16.5. The van der Waals surface area contributed by atoms with E-state index in [4.69, 9.17) is 9.47 Å². The second kappa shape index (κ2) is 6.66. The van der Waals surface area contributed by atoms with E-state index in [9.17, 15) is 4.79 Å². The molecule has 1 spiro atoms. The van der Waals surface area contributed by atoms with Gasteiger partial charge in [-0.3, -0.25) is 4.98 Å². The Kier molecular flexibility index (Phi) is 3.89. The van der Waals surface area contributed by atoms with Crippen molar-refractivity contribution in [2.24, 2.45) is 0 Å². The Morgan fingerprint density at radius 2 is 2.18 bits per heavy atom. The molecule has 4 aliphatic heterocycles. The predicted molar refractivity (Wildman–Crippen MR) is 119 cm³/mol. The minimum Gasteiger partial charge on any atom is -0.484 e. The lowest BCUT2D eigenvalue weighted by Gasteiger charge is -2.49. The number of benzene rings is 1. The number of nitrogens with zero attached hydrogens (tertiary/aromatic N) is 5. The standard InChI is InChI=1S/C24H26N6O3/c1-15(33-17-2-3-20-19(8-17)18-4-7-32-11-16(18)9-26-20)21-10-30(28-27-21)24-12-23(13-24)5-6-25-22(31)29(23)14-24/h2-3,8-10,15H,4-7,11-14H2,1H3,(H,25,31)/t15-,23?,24?/m1/s1. The summed E-state index contributed by atoms with van der Waals surface area (Å²) >= 11 is 0. The highest BCUT2D eigenvalue weighted by molar-refractivity contribution is 5.84. The van der Waals surface area contributed by atoms with Crippen LogP contribution in [0.2, 0.25) is 0 Å². The Morgan fingerprint density at radius 3 is 3.06 bits per heavy atom. The van der Waals surface area contributed by atoms with E-state index < -0.39 is 0 Å². The molecule has 2 aromatic heterocycles. The van der Waals surface area contributed by atoms with Gasteiger partial charge in [0.25, 0.3) is 0 Å². The molecule has 0 radical (unpaired) electrons. The fraction of sp³-hybridized carbons (Fsp3) is 0.500. The summed E-state index contributed by atoms with van der Waals surface area (Å²) < 4.78 is 13.8. The summed E-state index contributed by atoms with van der Waals surface area (Å²) in [5, 5.41) is 13.0. The van der Waals surface area contributed by atoms with Crippen LogP contribution in [0.3, 0.4) is 0 Å². The minimum absolute atomic E-state index is 0.0138. The lowest BCUT2D eigenvalue weighted by atomic mass is 9.65. The maximum Gasteiger partial charge on any atom is 0.317 e. The van der Waals surface area contributed by atoms with E-state index in [0.29, 0.717) is 13.2 Å². The number of aromatic nitrogens is 4. The number of carbonyl (C=O) groups excluding carboxylic acids is 1. The van der Waals surface area contributed by atoms with Crippen molar-refractivity contribution in [2.45, 2.75) is 56.4 Å². The first-order chi connectivity index (χ1) is 16.1. The molecule has 3 aromatic rings. The molecule has 170 valence electrons. The fourth-order valence-corrected chi connectivity index (χ4v) is 6.35. The number of carbonyl (C=O) groups is 1. The quantitative estimate of drug-likeness (QED) is 0.662. The Bertz CT molecular complexity index is 1280. The molecule has 1 aliphatic carbocycles. The summed E-state index contributed by atoms with van der Waals surface area (Å²) in [6.07, 6.45) is 7.48. The molecule has 3 saturated heterocycles. The van der Waals surface area contributed by atoms with Crippen molar-refractivity contribution >= 4 is 16.9 Å². The first-order valence-corrected chi connectivity index (χ1v) is 11.7. The Labute approximate surface area is 191 Å². The number of pyridine rings is 1. The first kappa shape index (κ1) is 19.3. The zero-order valence-corrected chi connectivity index (χ0v) is 18.6. The van der Waals surface area contributed by atoms with Gasteiger partial charge in [0, 0.05) is 24.7 Å². The number of ether oxygens (including phenoxy) is 2. The molecule has 33 heavy (non-hydrogen) atoms. The summed E-state index contributed by atoms with van der Waals surface area (Å²) in [4.78, 5) is 18.9. The van der Waals surface area contributed by atoms with E-state index in [2.05, 4.69) is 26.7 Å². The number of nitrogens with one attached hydrogen (secondary N) is 1. The summed E-state index contributed by atoms with van der Waals surface area (Å²) in [5.41, 5.74) is 4.10. The second-order valence-electron chi connectivity index (χ2n) is 9.96. The number of rotatable bonds is 4. The normalized spacial score (nSPS) is 28.6. The molecule has 1 saturated carbocycles. The molecular weight excluding hydrogens is 420 g/mol. The number of hydrogen-bond donors (Lipinski definition) is 1. The van der Waals surface area contributed by atoms with Crippen LogP contribution in [0.1, 0.15) is 49.1 Å². The fourth-order valence-electron chi connectivity index (χ4n) is 6.35. The molecule has 8 rings (SSSR count). The van der Waals surface area contributed by atoms with E-state index >= 15 is 0 Å². The zero-order valence-electron chi connectivity index (χ0n) is 18.6. The van der Waals surface area contributed by atoms with E-state index in [0.717, 1.165) is 66.7 Å². The van der Waals surface area contributed by atoms with Gasteiger partial charge < -0.3 is 19.7 Å². The van der Waals surface area contributed by atoms with Gasteiger partial charge in [0.15, 0.2) is 0 Å². The Balaban J connectivity index is 1.12. The van der Waals surface area contributed by atoms with Crippen molar-refractivity contribution in [2.75, 3.05) is 19.7 Å². The summed E-state index contributed by atoms with van der Waals surface area (Å²) in [6.45, 7) is 4.81. The number of hydrogen-bond acceptors (Lipinski definition) is 6. The van der Waals surface area contributed by atoms with Crippen LogP contribution in [0.5, 0.6) is 5.75 Å². The molecule has 2 amide bonds. The van der Waals surface area contributed by atoms with Gasteiger partial charge in [-0.1, -0.05) is 5.21 Å². The molecule has 2 bridgehead atoms. The van der Waals surface area contributed by atoms with Crippen LogP contribution in [0, 0.1) is 0 Å². The molecule has 5 aliphatic rings. The van der Waals surface area contributed by atoms with Crippen molar-refractivity contribution in [3.8, 4) is 5.75 Å². The van der Waals surface area contributed by atoms with Crippen LogP contribution in [0.4, 0.5) is 4.79 Å². The van der Waals surface area contributed by atoms with Crippen molar-refractivity contribution in [1.29, 1.82) is 0 Å². The van der Waals surface area contributed by atoms with Crippen LogP contribution >= 0.6 is 0 Å². The zero-order chi connectivity index (χ0) is 22.2. The average Bonchev–Trinajstić information content (AvgIpc) is 3.51. The van der Waals surface area contributed by atoms with E-state index in [1.54, 1.807) is 0 Å². The van der Waals surface area contributed by atoms with Crippen LogP contribution in [0.15, 0.2) is 30.6 Å². The molecule has 1 aromatic carbocycles. The molecule has 0 unspecified atom stereocenters. The van der Waals surface area contributed by atoms with Crippen LogP contribution in [-0.2, 0) is 23.3 Å². The molecular formula is C24H26N6O3. The lowest BCUT2D eigenvalue weighted by molar-refractivity contribution is 0.0523. The lowest BCUT2D eigenvalue weighted by Crippen LogP contribution is -2.60. The topological polar surface area (TPSA) is 94.4 Å². The van der Waals surface area contributed by atoms with Gasteiger partial charge in [-0.25, -0.2) is 9.48 Å². The maximum absolute atomic E-state index is 12.3. The highest BCUT2D eigenvalue weighted by Crippen LogP contribution is 2.59. The third-order valence-electron chi connectivity index (χ3n) is 7.97. The van der Waals surface area contributed by atoms with Crippen LogP contribution < -0.4 is 10.1 Å². The van der Waals surface area contributed by atoms with E-state index in [1.165, 1.54) is 5.56 Å². The Morgan fingerprint density at radius 1 is 1.27 bits per heavy atom. The number of fused-ring (bicyclic) bond motifs is 3. The monoisotopic (exact) mass is 446 g/mol. The van der Waals surface area contributed by atoms with E-state index in [-0.39, 0.29) is 23.2 Å². The molecule has 1 atom stereocenters. The number of amides is 2. The molecule has 9 nitrogen and oxygen atoms in total. The van der Waals surface area contributed by atoms with Crippen molar-refractivity contribution in [3.63, 3.8) is 0 Å². The molecule has 6 heterocycles.